The summed E-state index contributed by atoms with van der Waals surface area (Å²) in [7, 11) is 1.83. The van der Waals surface area contributed by atoms with Crippen LogP contribution in [0.2, 0.25) is 0 Å². The van der Waals surface area contributed by atoms with E-state index in [2.05, 4.69) is 37.2 Å². The molecule has 19 heavy (non-hydrogen) atoms. The molecule has 0 aliphatic carbocycles. The zero-order valence-electron chi connectivity index (χ0n) is 10.7. The summed E-state index contributed by atoms with van der Waals surface area (Å²) < 4.78 is 15.7. The quantitative estimate of drug-likeness (QED) is 0.785. The Morgan fingerprint density at radius 3 is 2.42 bits per heavy atom. The SMILES string of the molecule is CNC(c1ccc(C)cc1Br)c1cccc(Br)c1F. The highest BCUT2D eigenvalue weighted by Gasteiger charge is 2.19. The second kappa shape index (κ2) is 6.16. The van der Waals surface area contributed by atoms with Gasteiger partial charge in [-0.15, -0.1) is 0 Å². The van der Waals surface area contributed by atoms with Gasteiger partial charge in [0.1, 0.15) is 5.82 Å². The first-order chi connectivity index (χ1) is 9.04. The first kappa shape index (κ1) is 14.7. The Kier molecular flexibility index (Phi) is 4.76. The Bertz CT molecular complexity index is 599. The maximum absolute atomic E-state index is 14.2. The molecule has 0 radical (unpaired) electrons. The maximum Gasteiger partial charge on any atom is 0.142 e. The number of rotatable bonds is 3. The van der Waals surface area contributed by atoms with Crippen LogP contribution in [-0.4, -0.2) is 7.05 Å². The van der Waals surface area contributed by atoms with Crippen LogP contribution in [0, 0.1) is 12.7 Å². The molecule has 0 heterocycles. The Hall–Kier alpha value is -0.710. The summed E-state index contributed by atoms with van der Waals surface area (Å²) in [6.07, 6.45) is 0. The van der Waals surface area contributed by atoms with E-state index in [1.54, 1.807) is 12.1 Å². The minimum Gasteiger partial charge on any atom is -0.309 e. The lowest BCUT2D eigenvalue weighted by Gasteiger charge is -2.20. The molecule has 100 valence electrons. The number of halogens is 3. The van der Waals surface area contributed by atoms with Crippen LogP contribution in [0.15, 0.2) is 45.3 Å². The van der Waals surface area contributed by atoms with Gasteiger partial charge in [0.25, 0.3) is 0 Å². The molecule has 1 N–H and O–H groups in total. The molecule has 2 rings (SSSR count). The van der Waals surface area contributed by atoms with Crippen molar-refractivity contribution < 1.29 is 4.39 Å². The minimum atomic E-state index is -0.227. The zero-order valence-corrected chi connectivity index (χ0v) is 13.8. The molecule has 1 unspecified atom stereocenters. The summed E-state index contributed by atoms with van der Waals surface area (Å²) in [6, 6.07) is 11.2. The van der Waals surface area contributed by atoms with Gasteiger partial charge < -0.3 is 5.32 Å². The smallest absolute Gasteiger partial charge is 0.142 e. The normalized spacial score (nSPS) is 12.5. The highest BCUT2D eigenvalue weighted by atomic mass is 79.9. The summed E-state index contributed by atoms with van der Waals surface area (Å²) in [4.78, 5) is 0. The van der Waals surface area contributed by atoms with E-state index < -0.39 is 0 Å². The van der Waals surface area contributed by atoms with Crippen molar-refractivity contribution in [3.8, 4) is 0 Å². The third-order valence-electron chi connectivity index (χ3n) is 3.05. The van der Waals surface area contributed by atoms with Crippen molar-refractivity contribution in [2.45, 2.75) is 13.0 Å². The predicted octanol–water partition coefficient (Wildman–Crippen LogP) is 4.97. The zero-order chi connectivity index (χ0) is 14.0. The molecule has 1 atom stereocenters. The van der Waals surface area contributed by atoms with E-state index in [0.29, 0.717) is 10.0 Å². The van der Waals surface area contributed by atoms with Gasteiger partial charge in [-0.1, -0.05) is 40.2 Å². The van der Waals surface area contributed by atoms with E-state index in [4.69, 9.17) is 0 Å². The van der Waals surface area contributed by atoms with Crippen molar-refractivity contribution in [1.82, 2.24) is 5.32 Å². The van der Waals surface area contributed by atoms with Gasteiger partial charge in [0.2, 0.25) is 0 Å². The molecule has 0 spiro atoms. The van der Waals surface area contributed by atoms with Crippen molar-refractivity contribution in [1.29, 1.82) is 0 Å². The van der Waals surface area contributed by atoms with Gasteiger partial charge in [-0.2, -0.15) is 0 Å². The third-order valence-corrected chi connectivity index (χ3v) is 4.35. The lowest BCUT2D eigenvalue weighted by atomic mass is 9.97. The number of hydrogen-bond donors (Lipinski definition) is 1. The Morgan fingerprint density at radius 2 is 1.79 bits per heavy atom. The molecule has 0 saturated heterocycles. The first-order valence-electron chi connectivity index (χ1n) is 5.92. The van der Waals surface area contributed by atoms with Crippen molar-refractivity contribution >= 4 is 31.9 Å². The van der Waals surface area contributed by atoms with Gasteiger partial charge in [0, 0.05) is 10.0 Å². The predicted molar refractivity (Wildman–Crippen MR) is 83.9 cm³/mol. The van der Waals surface area contributed by atoms with Gasteiger partial charge in [0.05, 0.1) is 10.5 Å². The molecule has 0 saturated carbocycles. The third kappa shape index (κ3) is 3.07. The van der Waals surface area contributed by atoms with Gasteiger partial charge in [0.15, 0.2) is 0 Å². The Balaban J connectivity index is 2.53. The van der Waals surface area contributed by atoms with E-state index in [9.17, 15) is 4.39 Å². The van der Waals surface area contributed by atoms with E-state index in [1.165, 1.54) is 5.56 Å². The van der Waals surface area contributed by atoms with Crippen molar-refractivity contribution in [3.05, 3.63) is 67.9 Å². The van der Waals surface area contributed by atoms with E-state index in [0.717, 1.165) is 10.0 Å². The maximum atomic E-state index is 14.2. The Labute approximate surface area is 129 Å². The summed E-state index contributed by atoms with van der Waals surface area (Å²) in [6.45, 7) is 2.03. The molecular weight excluding hydrogens is 373 g/mol. The second-order valence-corrected chi connectivity index (χ2v) is 6.10. The van der Waals surface area contributed by atoms with Crippen LogP contribution in [0.3, 0.4) is 0 Å². The average molecular weight is 387 g/mol. The number of aryl methyl sites for hydroxylation is 1. The van der Waals surface area contributed by atoms with E-state index in [1.807, 2.05) is 38.2 Å². The van der Waals surface area contributed by atoms with E-state index >= 15 is 0 Å². The van der Waals surface area contributed by atoms with Gasteiger partial charge in [-0.25, -0.2) is 4.39 Å². The fraction of sp³-hybridized carbons (Fsp3) is 0.200. The molecule has 4 heteroatoms. The number of nitrogens with one attached hydrogen (secondary N) is 1. The van der Waals surface area contributed by atoms with Crippen molar-refractivity contribution in [3.63, 3.8) is 0 Å². The molecule has 0 fully saturated rings. The summed E-state index contributed by atoms with van der Waals surface area (Å²) in [5.74, 6) is -0.227. The summed E-state index contributed by atoms with van der Waals surface area (Å²) in [5, 5.41) is 3.17. The molecule has 2 aromatic carbocycles. The lowest BCUT2D eigenvalue weighted by Crippen LogP contribution is -2.19. The van der Waals surface area contributed by atoms with Crippen LogP contribution in [0.5, 0.6) is 0 Å². The average Bonchev–Trinajstić information content (AvgIpc) is 2.37. The largest absolute Gasteiger partial charge is 0.309 e. The molecule has 0 aromatic heterocycles. The Morgan fingerprint density at radius 1 is 1.05 bits per heavy atom. The highest BCUT2D eigenvalue weighted by molar-refractivity contribution is 9.10. The van der Waals surface area contributed by atoms with Gasteiger partial charge in [-0.05, 0) is 53.2 Å². The van der Waals surface area contributed by atoms with Crippen LogP contribution in [0.25, 0.3) is 0 Å². The van der Waals surface area contributed by atoms with Crippen LogP contribution in [-0.2, 0) is 0 Å². The van der Waals surface area contributed by atoms with Crippen molar-refractivity contribution in [2.75, 3.05) is 7.05 Å². The summed E-state index contributed by atoms with van der Waals surface area (Å²) in [5.41, 5.74) is 2.81. The van der Waals surface area contributed by atoms with Gasteiger partial charge >= 0.3 is 0 Å². The fourth-order valence-corrected chi connectivity index (χ4v) is 3.19. The molecule has 2 aromatic rings. The molecule has 0 aliphatic rings. The number of hydrogen-bond acceptors (Lipinski definition) is 1. The standard InChI is InChI=1S/C15H14Br2FN/c1-9-6-7-10(13(17)8-9)15(19-2)11-4-3-5-12(16)14(11)18/h3-8,15,19H,1-2H3. The minimum absolute atomic E-state index is 0.188. The first-order valence-corrected chi connectivity index (χ1v) is 7.50. The molecule has 1 nitrogen and oxygen atoms in total. The highest BCUT2D eigenvalue weighted by Crippen LogP contribution is 2.32. The monoisotopic (exact) mass is 385 g/mol. The molecule has 0 amide bonds. The fourth-order valence-electron chi connectivity index (χ4n) is 2.09. The topological polar surface area (TPSA) is 12.0 Å². The van der Waals surface area contributed by atoms with Gasteiger partial charge in [-0.3, -0.25) is 0 Å². The van der Waals surface area contributed by atoms with Crippen LogP contribution in [0.4, 0.5) is 4.39 Å². The molecule has 0 aliphatic heterocycles. The molecule has 0 bridgehead atoms. The summed E-state index contributed by atoms with van der Waals surface area (Å²) >= 11 is 6.79. The van der Waals surface area contributed by atoms with Crippen LogP contribution < -0.4 is 5.32 Å². The lowest BCUT2D eigenvalue weighted by molar-refractivity contribution is 0.570. The van der Waals surface area contributed by atoms with Crippen molar-refractivity contribution in [2.24, 2.45) is 0 Å². The second-order valence-electron chi connectivity index (χ2n) is 4.39. The number of benzene rings is 2. The van der Waals surface area contributed by atoms with Crippen LogP contribution >= 0.6 is 31.9 Å². The van der Waals surface area contributed by atoms with E-state index in [-0.39, 0.29) is 11.9 Å². The van der Waals surface area contributed by atoms with Crippen LogP contribution in [0.1, 0.15) is 22.7 Å². The molecular formula is C15H14Br2FN.